The molecule has 0 fully saturated rings. The van der Waals surface area contributed by atoms with Crippen molar-refractivity contribution in [3.63, 3.8) is 0 Å². The van der Waals surface area contributed by atoms with Gasteiger partial charge < -0.3 is 13.9 Å². The van der Waals surface area contributed by atoms with Crippen LogP contribution in [0.3, 0.4) is 0 Å². The number of furan rings is 1. The van der Waals surface area contributed by atoms with Crippen LogP contribution in [-0.4, -0.2) is 13.1 Å². The number of rotatable bonds is 4. The number of aryl methyl sites for hydroxylation is 1. The summed E-state index contributed by atoms with van der Waals surface area (Å²) < 4.78 is 15.4. The van der Waals surface area contributed by atoms with E-state index >= 15 is 0 Å². The fourth-order valence-corrected chi connectivity index (χ4v) is 1.54. The van der Waals surface area contributed by atoms with Crippen LogP contribution >= 0.6 is 0 Å². The van der Waals surface area contributed by atoms with Gasteiger partial charge in [-0.3, -0.25) is 0 Å². The van der Waals surface area contributed by atoms with Gasteiger partial charge in [0.1, 0.15) is 18.1 Å². The second kappa shape index (κ2) is 5.51. The van der Waals surface area contributed by atoms with Crippen LogP contribution in [0.15, 0.2) is 40.8 Å². The molecule has 0 aliphatic heterocycles. The molecule has 2 aromatic rings. The standard InChI is InChI=1S/C14H14O4/c1-10-4-3-5-11(8-10)18-14(15)13-7-6-12(17-13)9-16-2/h3-8H,9H2,1-2H3. The molecule has 1 aromatic heterocycles. The molecule has 0 spiro atoms. The van der Waals surface area contributed by atoms with Crippen molar-refractivity contribution in [3.8, 4) is 5.75 Å². The maximum Gasteiger partial charge on any atom is 0.379 e. The molecule has 0 unspecified atom stereocenters. The van der Waals surface area contributed by atoms with Gasteiger partial charge in [-0.1, -0.05) is 12.1 Å². The molecule has 0 radical (unpaired) electrons. The molecule has 0 N–H and O–H groups in total. The summed E-state index contributed by atoms with van der Waals surface area (Å²) in [6.07, 6.45) is 0. The lowest BCUT2D eigenvalue weighted by Crippen LogP contribution is -2.07. The van der Waals surface area contributed by atoms with Crippen LogP contribution < -0.4 is 4.74 Å². The molecule has 1 heterocycles. The highest BCUT2D eigenvalue weighted by Crippen LogP contribution is 2.16. The molecule has 0 atom stereocenters. The molecule has 0 bridgehead atoms. The van der Waals surface area contributed by atoms with Crippen molar-refractivity contribution in [2.24, 2.45) is 0 Å². The number of hydrogen-bond acceptors (Lipinski definition) is 4. The number of ether oxygens (including phenoxy) is 2. The first-order chi connectivity index (χ1) is 8.69. The summed E-state index contributed by atoms with van der Waals surface area (Å²) in [6.45, 7) is 2.26. The van der Waals surface area contributed by atoms with Crippen LogP contribution in [-0.2, 0) is 11.3 Å². The van der Waals surface area contributed by atoms with Crippen LogP contribution in [0.4, 0.5) is 0 Å². The maximum absolute atomic E-state index is 11.8. The first-order valence-electron chi connectivity index (χ1n) is 5.55. The van der Waals surface area contributed by atoms with E-state index in [1.165, 1.54) is 0 Å². The van der Waals surface area contributed by atoms with Crippen LogP contribution in [0.25, 0.3) is 0 Å². The third kappa shape index (κ3) is 2.99. The quantitative estimate of drug-likeness (QED) is 0.614. The van der Waals surface area contributed by atoms with Crippen molar-refractivity contribution in [1.29, 1.82) is 0 Å². The molecule has 18 heavy (non-hydrogen) atoms. The second-order valence-electron chi connectivity index (χ2n) is 3.90. The van der Waals surface area contributed by atoms with E-state index in [0.29, 0.717) is 18.1 Å². The number of hydrogen-bond donors (Lipinski definition) is 0. The van der Waals surface area contributed by atoms with Crippen molar-refractivity contribution < 1.29 is 18.7 Å². The minimum absolute atomic E-state index is 0.170. The Kier molecular flexibility index (Phi) is 3.79. The molecule has 0 saturated heterocycles. The van der Waals surface area contributed by atoms with Gasteiger partial charge in [0.05, 0.1) is 0 Å². The smallest absolute Gasteiger partial charge is 0.379 e. The summed E-state index contributed by atoms with van der Waals surface area (Å²) in [5.41, 5.74) is 1.03. The van der Waals surface area contributed by atoms with E-state index in [2.05, 4.69) is 0 Å². The van der Waals surface area contributed by atoms with E-state index in [4.69, 9.17) is 13.9 Å². The first kappa shape index (κ1) is 12.4. The molecule has 94 valence electrons. The van der Waals surface area contributed by atoms with Crippen molar-refractivity contribution >= 4 is 5.97 Å². The Morgan fingerprint density at radius 3 is 2.83 bits per heavy atom. The minimum Gasteiger partial charge on any atom is -0.452 e. The van der Waals surface area contributed by atoms with Crippen LogP contribution in [0.5, 0.6) is 5.75 Å². The summed E-state index contributed by atoms with van der Waals surface area (Å²) in [5.74, 6) is 0.755. The molecule has 4 heteroatoms. The number of benzene rings is 1. The molecule has 2 rings (SSSR count). The summed E-state index contributed by atoms with van der Waals surface area (Å²) in [5, 5.41) is 0. The second-order valence-corrected chi connectivity index (χ2v) is 3.90. The molecular weight excluding hydrogens is 232 g/mol. The van der Waals surface area contributed by atoms with Gasteiger partial charge in [-0.05, 0) is 36.8 Å². The Hall–Kier alpha value is -2.07. The van der Waals surface area contributed by atoms with E-state index in [1.54, 1.807) is 31.4 Å². The highest BCUT2D eigenvalue weighted by Gasteiger charge is 2.13. The normalized spacial score (nSPS) is 10.3. The van der Waals surface area contributed by atoms with Gasteiger partial charge in [-0.15, -0.1) is 0 Å². The zero-order chi connectivity index (χ0) is 13.0. The van der Waals surface area contributed by atoms with Gasteiger partial charge in [-0.2, -0.15) is 0 Å². The minimum atomic E-state index is -0.511. The van der Waals surface area contributed by atoms with E-state index in [-0.39, 0.29) is 5.76 Å². The van der Waals surface area contributed by atoms with Crippen molar-refractivity contribution in [2.75, 3.05) is 7.11 Å². The third-order valence-electron chi connectivity index (χ3n) is 2.35. The van der Waals surface area contributed by atoms with Crippen LogP contribution in [0.2, 0.25) is 0 Å². The Bertz CT molecular complexity index is 542. The topological polar surface area (TPSA) is 48.7 Å². The predicted molar refractivity (Wildman–Crippen MR) is 65.6 cm³/mol. The molecule has 4 nitrogen and oxygen atoms in total. The number of methoxy groups -OCH3 is 1. The molecule has 1 aromatic carbocycles. The van der Waals surface area contributed by atoms with Gasteiger partial charge >= 0.3 is 5.97 Å². The highest BCUT2D eigenvalue weighted by molar-refractivity contribution is 5.88. The van der Waals surface area contributed by atoms with E-state index in [9.17, 15) is 4.79 Å². The lowest BCUT2D eigenvalue weighted by Gasteiger charge is -2.02. The summed E-state index contributed by atoms with van der Waals surface area (Å²) >= 11 is 0. The van der Waals surface area contributed by atoms with Gasteiger partial charge in [-0.25, -0.2) is 4.79 Å². The largest absolute Gasteiger partial charge is 0.452 e. The van der Waals surface area contributed by atoms with E-state index < -0.39 is 5.97 Å². The lowest BCUT2D eigenvalue weighted by molar-refractivity contribution is 0.0693. The van der Waals surface area contributed by atoms with E-state index in [1.807, 2.05) is 19.1 Å². The summed E-state index contributed by atoms with van der Waals surface area (Å²) in [4.78, 5) is 11.8. The monoisotopic (exact) mass is 246 g/mol. The van der Waals surface area contributed by atoms with E-state index in [0.717, 1.165) is 5.56 Å². The summed E-state index contributed by atoms with van der Waals surface area (Å²) in [7, 11) is 1.56. The van der Waals surface area contributed by atoms with Gasteiger partial charge in [0, 0.05) is 7.11 Å². The average Bonchev–Trinajstić information content (AvgIpc) is 2.78. The molecule has 0 aliphatic carbocycles. The Morgan fingerprint density at radius 1 is 1.28 bits per heavy atom. The van der Waals surface area contributed by atoms with Crippen molar-refractivity contribution in [1.82, 2.24) is 0 Å². The van der Waals surface area contributed by atoms with Crippen molar-refractivity contribution in [3.05, 3.63) is 53.5 Å². The summed E-state index contributed by atoms with van der Waals surface area (Å²) in [6, 6.07) is 10.5. The fourth-order valence-electron chi connectivity index (χ4n) is 1.54. The number of carbonyl (C=O) groups is 1. The number of carbonyl (C=O) groups excluding carboxylic acids is 1. The third-order valence-corrected chi connectivity index (χ3v) is 2.35. The maximum atomic E-state index is 11.8. The van der Waals surface area contributed by atoms with Crippen molar-refractivity contribution in [2.45, 2.75) is 13.5 Å². The molecular formula is C14H14O4. The molecule has 0 aliphatic rings. The zero-order valence-corrected chi connectivity index (χ0v) is 10.3. The lowest BCUT2D eigenvalue weighted by atomic mass is 10.2. The van der Waals surface area contributed by atoms with Crippen LogP contribution in [0, 0.1) is 6.92 Å². The Balaban J connectivity index is 2.07. The van der Waals surface area contributed by atoms with Gasteiger partial charge in [0.2, 0.25) is 5.76 Å². The molecule has 0 saturated carbocycles. The Morgan fingerprint density at radius 2 is 2.11 bits per heavy atom. The van der Waals surface area contributed by atoms with Crippen LogP contribution in [0.1, 0.15) is 21.9 Å². The predicted octanol–water partition coefficient (Wildman–Crippen LogP) is 2.95. The Labute approximate surface area is 105 Å². The fraction of sp³-hybridized carbons (Fsp3) is 0.214. The average molecular weight is 246 g/mol. The SMILES string of the molecule is COCc1ccc(C(=O)Oc2cccc(C)c2)o1. The first-order valence-corrected chi connectivity index (χ1v) is 5.55. The highest BCUT2D eigenvalue weighted by atomic mass is 16.5. The zero-order valence-electron chi connectivity index (χ0n) is 10.3. The van der Waals surface area contributed by atoms with Gasteiger partial charge in [0.25, 0.3) is 0 Å². The number of esters is 1. The van der Waals surface area contributed by atoms with Gasteiger partial charge in [0.15, 0.2) is 0 Å². The molecule has 0 amide bonds.